The van der Waals surface area contributed by atoms with E-state index in [1.165, 1.54) is 6.07 Å². The summed E-state index contributed by atoms with van der Waals surface area (Å²) in [5.41, 5.74) is 1.69. The van der Waals surface area contributed by atoms with Crippen LogP contribution in [0.1, 0.15) is 60.7 Å². The van der Waals surface area contributed by atoms with E-state index in [1.54, 1.807) is 24.3 Å². The van der Waals surface area contributed by atoms with Gasteiger partial charge in [0.1, 0.15) is 0 Å². The van der Waals surface area contributed by atoms with Crippen molar-refractivity contribution in [3.63, 3.8) is 0 Å². The van der Waals surface area contributed by atoms with Gasteiger partial charge in [0, 0.05) is 17.6 Å². The second-order valence-corrected chi connectivity index (χ2v) is 10.6. The number of anilines is 1. The quantitative estimate of drug-likeness (QED) is 0.604. The number of fused-ring (bicyclic) bond motifs is 2. The van der Waals surface area contributed by atoms with Crippen molar-refractivity contribution < 1.29 is 9.59 Å². The molecule has 2 fully saturated rings. The first-order valence-corrected chi connectivity index (χ1v) is 11.0. The Bertz CT molecular complexity index is 1020. The number of hydrogen-bond donors (Lipinski definition) is 1. The maximum atomic E-state index is 13.5. The molecule has 2 amide bonds. The second-order valence-electron chi connectivity index (χ2n) is 9.77. The Labute approximate surface area is 187 Å². The van der Waals surface area contributed by atoms with Gasteiger partial charge in [-0.25, -0.2) is 0 Å². The van der Waals surface area contributed by atoms with Gasteiger partial charge in [-0.3, -0.25) is 9.59 Å². The van der Waals surface area contributed by atoms with Crippen LogP contribution in [0.4, 0.5) is 5.69 Å². The molecule has 1 aliphatic heterocycles. The summed E-state index contributed by atoms with van der Waals surface area (Å²) in [6.07, 6.45) is 3.16. The molecule has 2 aromatic rings. The van der Waals surface area contributed by atoms with Gasteiger partial charge in [-0.15, -0.1) is 0 Å². The molecule has 1 saturated heterocycles. The van der Waals surface area contributed by atoms with Gasteiger partial charge in [0.15, 0.2) is 0 Å². The van der Waals surface area contributed by atoms with E-state index in [4.69, 9.17) is 23.2 Å². The topological polar surface area (TPSA) is 49.4 Å². The van der Waals surface area contributed by atoms with Crippen LogP contribution in [-0.2, 0) is 0 Å². The number of carbonyl (C=O) groups is 2. The van der Waals surface area contributed by atoms with Crippen molar-refractivity contribution in [2.24, 2.45) is 10.8 Å². The van der Waals surface area contributed by atoms with Gasteiger partial charge >= 0.3 is 0 Å². The zero-order chi connectivity index (χ0) is 21.7. The summed E-state index contributed by atoms with van der Waals surface area (Å²) >= 11 is 12.1. The number of rotatable bonds is 3. The smallest absolute Gasteiger partial charge is 0.257 e. The number of nitrogens with one attached hydrogen (secondary N) is 1. The fourth-order valence-corrected chi connectivity index (χ4v) is 5.99. The van der Waals surface area contributed by atoms with Crippen molar-refractivity contribution in [3.05, 3.63) is 63.6 Å². The van der Waals surface area contributed by atoms with Gasteiger partial charge in [-0.2, -0.15) is 0 Å². The van der Waals surface area contributed by atoms with Crippen molar-refractivity contribution in [3.8, 4) is 0 Å². The monoisotopic (exact) mass is 444 g/mol. The van der Waals surface area contributed by atoms with E-state index in [9.17, 15) is 9.59 Å². The van der Waals surface area contributed by atoms with Gasteiger partial charge < -0.3 is 10.2 Å². The average Bonchev–Trinajstić information content (AvgIpc) is 2.90. The number of para-hydroxylation sites is 1. The van der Waals surface area contributed by atoms with E-state index in [1.807, 2.05) is 17.0 Å². The van der Waals surface area contributed by atoms with E-state index in [0.717, 1.165) is 25.8 Å². The molecule has 1 N–H and O–H groups in total. The Morgan fingerprint density at radius 2 is 1.77 bits per heavy atom. The molecule has 1 heterocycles. The third kappa shape index (κ3) is 4.08. The lowest BCUT2D eigenvalue weighted by Gasteiger charge is -2.39. The predicted octanol–water partition coefficient (Wildman–Crippen LogP) is 6.29. The molecule has 6 heteroatoms. The zero-order valence-electron chi connectivity index (χ0n) is 17.5. The highest BCUT2D eigenvalue weighted by Crippen LogP contribution is 2.52. The normalized spacial score (nSPS) is 24.6. The van der Waals surface area contributed by atoms with Crippen LogP contribution in [-0.4, -0.2) is 29.3 Å². The Morgan fingerprint density at radius 1 is 1.03 bits per heavy atom. The molecule has 1 saturated carbocycles. The number of amides is 2. The molecule has 0 unspecified atom stereocenters. The molecule has 0 spiro atoms. The fourth-order valence-electron chi connectivity index (χ4n) is 5.49. The Morgan fingerprint density at radius 3 is 2.50 bits per heavy atom. The Balaban J connectivity index is 1.59. The summed E-state index contributed by atoms with van der Waals surface area (Å²) in [6.45, 7) is 7.61. The van der Waals surface area contributed by atoms with Crippen molar-refractivity contribution in [1.82, 2.24) is 4.90 Å². The van der Waals surface area contributed by atoms with Crippen molar-refractivity contribution >= 4 is 40.7 Å². The van der Waals surface area contributed by atoms with Gasteiger partial charge in [-0.1, -0.05) is 56.1 Å². The minimum Gasteiger partial charge on any atom is -0.335 e. The highest BCUT2D eigenvalue weighted by Gasteiger charge is 2.51. The molecule has 158 valence electrons. The summed E-state index contributed by atoms with van der Waals surface area (Å²) in [5, 5.41) is 3.60. The van der Waals surface area contributed by atoms with Gasteiger partial charge in [0.05, 0.1) is 21.8 Å². The van der Waals surface area contributed by atoms with Crippen LogP contribution in [0, 0.1) is 10.8 Å². The Hall–Kier alpha value is -2.04. The largest absolute Gasteiger partial charge is 0.335 e. The standard InChI is InChI=1S/C24H26Cl2N2O2/c1-23(2)11-16-12-24(3,13-23)14-28(16)22(30)18-6-4-5-7-20(18)27-21(29)17-9-8-15(25)10-19(17)26/h4-10,16H,11-14H2,1-3H3,(H,27,29)/t16-,24+/m1/s1. The van der Waals surface area contributed by atoms with Crippen molar-refractivity contribution in [2.45, 2.75) is 46.1 Å². The Kier molecular flexibility index (Phi) is 5.36. The number of carbonyl (C=O) groups excluding carboxylic acids is 2. The highest BCUT2D eigenvalue weighted by molar-refractivity contribution is 6.37. The SMILES string of the molecule is CC1(C)C[C@@H]2C[C@](C)(CN2C(=O)c2ccccc2NC(=O)c2ccc(Cl)cc2Cl)C1. The molecule has 1 aliphatic carbocycles. The van der Waals surface area contributed by atoms with Gasteiger partial charge in [-0.05, 0) is 60.4 Å². The molecule has 0 aromatic heterocycles. The lowest BCUT2D eigenvalue weighted by molar-refractivity contribution is 0.0709. The maximum Gasteiger partial charge on any atom is 0.257 e. The molecule has 4 rings (SSSR count). The third-order valence-electron chi connectivity index (χ3n) is 6.26. The first kappa shape index (κ1) is 21.2. The fraction of sp³-hybridized carbons (Fsp3) is 0.417. The van der Waals surface area contributed by atoms with Crippen molar-refractivity contribution in [1.29, 1.82) is 0 Å². The molecule has 4 nitrogen and oxygen atoms in total. The van der Waals surface area contributed by atoms with Crippen LogP contribution in [0.2, 0.25) is 10.0 Å². The van der Waals surface area contributed by atoms with Crippen LogP contribution >= 0.6 is 23.2 Å². The average molecular weight is 445 g/mol. The number of halogens is 2. The summed E-state index contributed by atoms with van der Waals surface area (Å²) in [5.74, 6) is -0.398. The van der Waals surface area contributed by atoms with Crippen LogP contribution in [0.3, 0.4) is 0 Å². The van der Waals surface area contributed by atoms with Crippen LogP contribution in [0.5, 0.6) is 0 Å². The molecule has 2 bridgehead atoms. The predicted molar refractivity (Wildman–Crippen MR) is 121 cm³/mol. The molecule has 2 atom stereocenters. The van der Waals surface area contributed by atoms with Gasteiger partial charge in [0.25, 0.3) is 11.8 Å². The van der Waals surface area contributed by atoms with Crippen LogP contribution in [0.25, 0.3) is 0 Å². The molecule has 2 aliphatic rings. The van der Waals surface area contributed by atoms with Gasteiger partial charge in [0.2, 0.25) is 0 Å². The van der Waals surface area contributed by atoms with E-state index in [-0.39, 0.29) is 33.7 Å². The molecular formula is C24H26Cl2N2O2. The summed E-state index contributed by atoms with van der Waals surface area (Å²) in [4.78, 5) is 28.3. The number of likely N-dealkylation sites (tertiary alicyclic amines) is 1. The minimum atomic E-state index is -0.370. The minimum absolute atomic E-state index is 0.0282. The summed E-state index contributed by atoms with van der Waals surface area (Å²) in [7, 11) is 0. The molecule has 30 heavy (non-hydrogen) atoms. The number of nitrogens with zero attached hydrogens (tertiary/aromatic N) is 1. The maximum absolute atomic E-state index is 13.5. The third-order valence-corrected chi connectivity index (χ3v) is 6.80. The van der Waals surface area contributed by atoms with E-state index in [2.05, 4.69) is 26.1 Å². The first-order chi connectivity index (χ1) is 14.1. The summed E-state index contributed by atoms with van der Waals surface area (Å²) < 4.78 is 0. The van der Waals surface area contributed by atoms with Crippen LogP contribution < -0.4 is 5.32 Å². The number of hydrogen-bond acceptors (Lipinski definition) is 2. The summed E-state index contributed by atoms with van der Waals surface area (Å²) in [6, 6.07) is 12.1. The molecule has 2 aromatic carbocycles. The van der Waals surface area contributed by atoms with Crippen molar-refractivity contribution in [2.75, 3.05) is 11.9 Å². The molecular weight excluding hydrogens is 419 g/mol. The highest BCUT2D eigenvalue weighted by atomic mass is 35.5. The first-order valence-electron chi connectivity index (χ1n) is 10.2. The van der Waals surface area contributed by atoms with E-state index >= 15 is 0 Å². The zero-order valence-corrected chi connectivity index (χ0v) is 19.0. The second kappa shape index (κ2) is 7.58. The van der Waals surface area contributed by atoms with E-state index in [0.29, 0.717) is 21.8 Å². The number of benzene rings is 2. The molecule has 0 radical (unpaired) electrons. The lowest BCUT2D eigenvalue weighted by Crippen LogP contribution is -2.38. The lowest BCUT2D eigenvalue weighted by atomic mass is 9.65. The van der Waals surface area contributed by atoms with E-state index < -0.39 is 0 Å². The van der Waals surface area contributed by atoms with Crippen LogP contribution in [0.15, 0.2) is 42.5 Å².